The van der Waals surface area contributed by atoms with E-state index in [1.54, 1.807) is 23.1 Å². The van der Waals surface area contributed by atoms with Gasteiger partial charge in [0.1, 0.15) is 6.04 Å². The van der Waals surface area contributed by atoms with Crippen LogP contribution < -0.4 is 10.2 Å². The van der Waals surface area contributed by atoms with Crippen molar-refractivity contribution in [3.05, 3.63) is 28.8 Å². The highest BCUT2D eigenvalue weighted by molar-refractivity contribution is 6.34. The minimum absolute atomic E-state index is 0.0263. The maximum Gasteiger partial charge on any atom is 0.326 e. The number of halogens is 1. The van der Waals surface area contributed by atoms with Crippen molar-refractivity contribution in [2.45, 2.75) is 44.2 Å². The lowest BCUT2D eigenvalue weighted by Gasteiger charge is -2.33. The number of amides is 3. The van der Waals surface area contributed by atoms with Gasteiger partial charge >= 0.3 is 12.0 Å². The maximum absolute atomic E-state index is 13.3. The number of carbonyl (C=O) groups excluding carboxylic acids is 2. The number of hydrogen-bond acceptors (Lipinski definition) is 3. The van der Waals surface area contributed by atoms with E-state index in [2.05, 4.69) is 5.32 Å². The number of anilines is 1. The first kappa shape index (κ1) is 18.1. The molecule has 2 saturated heterocycles. The molecule has 1 saturated carbocycles. The molecule has 1 aromatic carbocycles. The van der Waals surface area contributed by atoms with E-state index in [4.69, 9.17) is 11.6 Å². The summed E-state index contributed by atoms with van der Waals surface area (Å²) >= 11 is 6.26. The molecule has 3 atom stereocenters. The summed E-state index contributed by atoms with van der Waals surface area (Å²) in [5.41, 5.74) is 0.843. The highest BCUT2D eigenvalue weighted by Crippen LogP contribution is 2.41. The highest BCUT2D eigenvalue weighted by Gasteiger charge is 2.47. The first-order chi connectivity index (χ1) is 13.0. The molecule has 7 nitrogen and oxygen atoms in total. The summed E-state index contributed by atoms with van der Waals surface area (Å²) in [6, 6.07) is 3.74. The molecule has 2 N–H and O–H groups in total. The van der Waals surface area contributed by atoms with Crippen LogP contribution >= 0.6 is 11.6 Å². The van der Waals surface area contributed by atoms with Crippen molar-refractivity contribution in [2.75, 3.05) is 18.0 Å². The molecule has 1 aromatic rings. The summed E-state index contributed by atoms with van der Waals surface area (Å²) in [5.74, 6) is -1.000. The summed E-state index contributed by atoms with van der Waals surface area (Å²) in [4.78, 5) is 40.1. The minimum Gasteiger partial charge on any atom is -0.480 e. The maximum atomic E-state index is 13.3. The van der Waals surface area contributed by atoms with Crippen LogP contribution in [-0.4, -0.2) is 53.1 Å². The fraction of sp³-hybridized carbons (Fsp3) is 0.526. The second-order valence-electron chi connectivity index (χ2n) is 7.46. The van der Waals surface area contributed by atoms with Crippen LogP contribution in [0.3, 0.4) is 0 Å². The Labute approximate surface area is 162 Å². The number of fused-ring (bicyclic) bond motifs is 1. The van der Waals surface area contributed by atoms with Crippen LogP contribution in [0.15, 0.2) is 18.2 Å². The predicted octanol–water partition coefficient (Wildman–Crippen LogP) is 2.73. The Hall–Kier alpha value is -2.28. The van der Waals surface area contributed by atoms with Gasteiger partial charge in [-0.15, -0.1) is 0 Å². The SMILES string of the molecule is O=C(O)[C@@H]1C[C@@H]2CCCC[C@H]2N1C(=O)c1ccc(Cl)c(N2CCNC2=O)c1. The molecule has 8 heteroatoms. The van der Waals surface area contributed by atoms with Crippen molar-refractivity contribution in [2.24, 2.45) is 5.92 Å². The number of aliphatic carboxylic acids is 1. The third-order valence-electron chi connectivity index (χ3n) is 5.95. The Morgan fingerprint density at radius 2 is 2.00 bits per heavy atom. The molecule has 3 amide bonds. The minimum atomic E-state index is -0.953. The predicted molar refractivity (Wildman–Crippen MR) is 100 cm³/mol. The van der Waals surface area contributed by atoms with E-state index in [1.165, 1.54) is 4.90 Å². The molecule has 0 unspecified atom stereocenters. The number of hydrogen-bond donors (Lipinski definition) is 2. The highest BCUT2D eigenvalue weighted by atomic mass is 35.5. The number of carboxylic acid groups (broad SMARTS) is 1. The van der Waals surface area contributed by atoms with E-state index in [0.717, 1.165) is 25.7 Å². The van der Waals surface area contributed by atoms with E-state index < -0.39 is 12.0 Å². The van der Waals surface area contributed by atoms with E-state index in [9.17, 15) is 19.5 Å². The third kappa shape index (κ3) is 3.14. The monoisotopic (exact) mass is 391 g/mol. The van der Waals surface area contributed by atoms with Gasteiger partial charge < -0.3 is 15.3 Å². The number of benzene rings is 1. The first-order valence-corrected chi connectivity index (χ1v) is 9.75. The number of carboxylic acids is 1. The molecule has 0 spiro atoms. The number of nitrogens with one attached hydrogen (secondary N) is 1. The van der Waals surface area contributed by atoms with Crippen LogP contribution in [0.25, 0.3) is 0 Å². The van der Waals surface area contributed by atoms with Gasteiger partial charge in [-0.25, -0.2) is 9.59 Å². The van der Waals surface area contributed by atoms with E-state index in [0.29, 0.717) is 35.8 Å². The Morgan fingerprint density at radius 3 is 2.70 bits per heavy atom. The molecule has 2 aliphatic heterocycles. The van der Waals surface area contributed by atoms with Gasteiger partial charge in [-0.05, 0) is 43.4 Å². The van der Waals surface area contributed by atoms with Crippen LogP contribution in [0, 0.1) is 5.92 Å². The first-order valence-electron chi connectivity index (χ1n) is 9.37. The number of rotatable bonds is 3. The number of likely N-dealkylation sites (tertiary alicyclic amines) is 1. The van der Waals surface area contributed by atoms with Gasteiger partial charge in [-0.1, -0.05) is 24.4 Å². The lowest BCUT2D eigenvalue weighted by Crippen LogP contribution is -2.46. The van der Waals surface area contributed by atoms with Crippen LogP contribution in [0.1, 0.15) is 42.5 Å². The van der Waals surface area contributed by atoms with Gasteiger partial charge in [-0.3, -0.25) is 9.69 Å². The van der Waals surface area contributed by atoms with Crippen LogP contribution in [0.5, 0.6) is 0 Å². The molecule has 144 valence electrons. The second kappa shape index (κ2) is 7.03. The zero-order valence-corrected chi connectivity index (χ0v) is 15.6. The number of carbonyl (C=O) groups is 3. The molecule has 2 heterocycles. The fourth-order valence-corrected chi connectivity index (χ4v) is 4.90. The van der Waals surface area contributed by atoms with Crippen LogP contribution in [-0.2, 0) is 4.79 Å². The van der Waals surface area contributed by atoms with Gasteiger partial charge in [0.2, 0.25) is 0 Å². The molecular weight excluding hydrogens is 370 g/mol. The lowest BCUT2D eigenvalue weighted by atomic mass is 9.84. The molecule has 27 heavy (non-hydrogen) atoms. The molecule has 3 aliphatic rings. The Morgan fingerprint density at radius 1 is 1.22 bits per heavy atom. The largest absolute Gasteiger partial charge is 0.480 e. The normalized spacial score (nSPS) is 27.4. The summed E-state index contributed by atoms with van der Waals surface area (Å²) in [6.45, 7) is 0.993. The number of urea groups is 1. The molecule has 4 rings (SSSR count). The Kier molecular flexibility index (Phi) is 4.72. The zero-order chi connectivity index (χ0) is 19.1. The van der Waals surface area contributed by atoms with Crippen molar-refractivity contribution in [3.63, 3.8) is 0 Å². The van der Waals surface area contributed by atoms with E-state index >= 15 is 0 Å². The molecule has 3 fully saturated rings. The standard InChI is InChI=1S/C19H22ClN3O4/c20-13-6-5-12(10-15(13)22-8-7-21-19(22)27)17(24)23-14-4-2-1-3-11(14)9-16(23)18(25)26/h5-6,10-11,14,16H,1-4,7-9H2,(H,21,27)(H,25,26)/t11-,14+,16-/m0/s1. The van der Waals surface area contributed by atoms with Gasteiger partial charge in [0.25, 0.3) is 5.91 Å². The molecule has 0 aromatic heterocycles. The molecule has 0 bridgehead atoms. The van der Waals surface area contributed by atoms with Crippen molar-refractivity contribution in [3.8, 4) is 0 Å². The smallest absolute Gasteiger partial charge is 0.326 e. The van der Waals surface area contributed by atoms with Gasteiger partial charge in [0, 0.05) is 24.7 Å². The van der Waals surface area contributed by atoms with Gasteiger partial charge in [0.05, 0.1) is 10.7 Å². The Bertz CT molecular complexity index is 799. The molecule has 0 radical (unpaired) electrons. The van der Waals surface area contributed by atoms with Gasteiger partial charge in [-0.2, -0.15) is 0 Å². The van der Waals surface area contributed by atoms with E-state index in [1.807, 2.05) is 0 Å². The average molecular weight is 392 g/mol. The molecular formula is C19H22ClN3O4. The lowest BCUT2D eigenvalue weighted by molar-refractivity contribution is -0.141. The third-order valence-corrected chi connectivity index (χ3v) is 6.27. The van der Waals surface area contributed by atoms with Crippen molar-refractivity contribution >= 4 is 35.2 Å². The summed E-state index contributed by atoms with van der Waals surface area (Å²) in [6.07, 6.45) is 4.43. The van der Waals surface area contributed by atoms with E-state index in [-0.39, 0.29) is 23.9 Å². The topological polar surface area (TPSA) is 89.9 Å². The second-order valence-corrected chi connectivity index (χ2v) is 7.87. The van der Waals surface area contributed by atoms with Crippen LogP contribution in [0.4, 0.5) is 10.5 Å². The Balaban J connectivity index is 1.67. The summed E-state index contributed by atoms with van der Waals surface area (Å²) in [5, 5.41) is 12.8. The van der Waals surface area contributed by atoms with Crippen molar-refractivity contribution in [1.82, 2.24) is 10.2 Å². The number of nitrogens with zero attached hydrogens (tertiary/aromatic N) is 2. The van der Waals surface area contributed by atoms with Gasteiger partial charge in [0.15, 0.2) is 0 Å². The van der Waals surface area contributed by atoms with Crippen molar-refractivity contribution < 1.29 is 19.5 Å². The average Bonchev–Trinajstić information content (AvgIpc) is 3.25. The van der Waals surface area contributed by atoms with Crippen LogP contribution in [0.2, 0.25) is 5.02 Å². The zero-order valence-electron chi connectivity index (χ0n) is 14.9. The summed E-state index contributed by atoms with van der Waals surface area (Å²) < 4.78 is 0. The summed E-state index contributed by atoms with van der Waals surface area (Å²) in [7, 11) is 0. The fourth-order valence-electron chi connectivity index (χ4n) is 4.68. The molecule has 1 aliphatic carbocycles. The quantitative estimate of drug-likeness (QED) is 0.828. The van der Waals surface area contributed by atoms with Crippen molar-refractivity contribution in [1.29, 1.82) is 0 Å².